The third kappa shape index (κ3) is 4.29. The molecule has 17 heavy (non-hydrogen) atoms. The van der Waals surface area contributed by atoms with Gasteiger partial charge in [0.1, 0.15) is 0 Å². The summed E-state index contributed by atoms with van der Waals surface area (Å²) in [6, 6.07) is 5.51. The molecule has 1 aromatic rings. The number of benzene rings is 1. The van der Waals surface area contributed by atoms with Crippen molar-refractivity contribution in [2.24, 2.45) is 5.73 Å². The maximum atomic E-state index is 11.0. The van der Waals surface area contributed by atoms with Gasteiger partial charge in [-0.15, -0.1) is 12.3 Å². The van der Waals surface area contributed by atoms with Gasteiger partial charge in [0, 0.05) is 18.5 Å². The molecule has 0 aliphatic heterocycles. The minimum Gasteiger partial charge on any atom is -0.366 e. The van der Waals surface area contributed by atoms with Crippen LogP contribution in [0.1, 0.15) is 34.3 Å². The largest absolute Gasteiger partial charge is 0.366 e. The molecule has 0 bridgehead atoms. The van der Waals surface area contributed by atoms with Gasteiger partial charge in [-0.25, -0.2) is 0 Å². The molecule has 0 unspecified atom stereocenters. The molecule has 0 aliphatic carbocycles. The van der Waals surface area contributed by atoms with Crippen LogP contribution in [0.2, 0.25) is 0 Å². The average Bonchev–Trinajstić information content (AvgIpc) is 2.30. The molecule has 1 amide bonds. The van der Waals surface area contributed by atoms with Crippen molar-refractivity contribution in [3.05, 3.63) is 34.9 Å². The van der Waals surface area contributed by atoms with E-state index in [1.807, 2.05) is 19.1 Å². The Morgan fingerprint density at radius 2 is 2.29 bits per heavy atom. The Labute approximate surface area is 102 Å². The summed E-state index contributed by atoms with van der Waals surface area (Å²) >= 11 is 0. The normalized spacial score (nSPS) is 9.88. The highest BCUT2D eigenvalue weighted by Crippen LogP contribution is 2.10. The van der Waals surface area contributed by atoms with Gasteiger partial charge in [-0.05, 0) is 43.1 Å². The number of nitrogens with one attached hydrogen (secondary N) is 1. The Hall–Kier alpha value is -1.79. The summed E-state index contributed by atoms with van der Waals surface area (Å²) in [7, 11) is 0. The average molecular weight is 230 g/mol. The van der Waals surface area contributed by atoms with Gasteiger partial charge in [0.2, 0.25) is 5.91 Å². The zero-order valence-electron chi connectivity index (χ0n) is 10.1. The maximum Gasteiger partial charge on any atom is 0.248 e. The SMILES string of the molecule is C#CCCCNCc1ccc(C(N)=O)cc1C. The van der Waals surface area contributed by atoms with E-state index in [2.05, 4.69) is 11.2 Å². The van der Waals surface area contributed by atoms with Crippen molar-refractivity contribution in [1.82, 2.24) is 5.32 Å². The first-order valence-corrected chi connectivity index (χ1v) is 5.68. The van der Waals surface area contributed by atoms with Crippen molar-refractivity contribution in [1.29, 1.82) is 0 Å². The summed E-state index contributed by atoms with van der Waals surface area (Å²) in [5.41, 5.74) is 8.02. The summed E-state index contributed by atoms with van der Waals surface area (Å²) in [5.74, 6) is 2.22. The van der Waals surface area contributed by atoms with Gasteiger partial charge in [0.05, 0.1) is 0 Å². The van der Waals surface area contributed by atoms with Crippen molar-refractivity contribution in [2.45, 2.75) is 26.3 Å². The molecule has 0 atom stereocenters. The fourth-order valence-corrected chi connectivity index (χ4v) is 1.59. The van der Waals surface area contributed by atoms with Gasteiger partial charge in [-0.3, -0.25) is 4.79 Å². The molecule has 3 nitrogen and oxygen atoms in total. The molecule has 1 aromatic carbocycles. The fourth-order valence-electron chi connectivity index (χ4n) is 1.59. The highest BCUT2D eigenvalue weighted by Gasteiger charge is 2.03. The van der Waals surface area contributed by atoms with Crippen LogP contribution in [0.15, 0.2) is 18.2 Å². The molecule has 0 heterocycles. The van der Waals surface area contributed by atoms with Crippen molar-refractivity contribution in [3.8, 4) is 12.3 Å². The second kappa shape index (κ2) is 6.72. The Balaban J connectivity index is 2.50. The summed E-state index contributed by atoms with van der Waals surface area (Å²) in [5, 5.41) is 3.31. The number of rotatable bonds is 6. The van der Waals surface area contributed by atoms with Gasteiger partial charge >= 0.3 is 0 Å². The number of primary amides is 1. The van der Waals surface area contributed by atoms with Crippen LogP contribution in [0.3, 0.4) is 0 Å². The molecule has 3 N–H and O–H groups in total. The summed E-state index contributed by atoms with van der Waals surface area (Å²) in [6.45, 7) is 3.67. The number of nitrogens with two attached hydrogens (primary N) is 1. The van der Waals surface area contributed by atoms with E-state index in [1.165, 1.54) is 5.56 Å². The first-order valence-electron chi connectivity index (χ1n) is 5.68. The molecule has 0 aliphatic rings. The lowest BCUT2D eigenvalue weighted by atomic mass is 10.0. The number of unbranched alkanes of at least 4 members (excludes halogenated alkanes) is 1. The topological polar surface area (TPSA) is 55.1 Å². The van der Waals surface area contributed by atoms with Gasteiger partial charge in [0.25, 0.3) is 0 Å². The Kier molecular flexibility index (Phi) is 5.25. The standard InChI is InChI=1S/C14H18N2O/c1-3-4-5-8-16-10-13-7-6-12(14(15)17)9-11(13)2/h1,6-7,9,16H,4-5,8,10H2,2H3,(H2,15,17). The number of aryl methyl sites for hydroxylation is 1. The summed E-state index contributed by atoms with van der Waals surface area (Å²) in [4.78, 5) is 11.0. The van der Waals surface area contributed by atoms with Gasteiger partial charge in [-0.1, -0.05) is 6.07 Å². The Morgan fingerprint density at radius 3 is 2.88 bits per heavy atom. The van der Waals surface area contributed by atoms with Crippen molar-refractivity contribution in [2.75, 3.05) is 6.54 Å². The third-order valence-electron chi connectivity index (χ3n) is 2.62. The number of hydrogen-bond acceptors (Lipinski definition) is 2. The molecular formula is C14H18N2O. The van der Waals surface area contributed by atoms with Crippen molar-refractivity contribution >= 4 is 5.91 Å². The molecule has 1 rings (SSSR count). The van der Waals surface area contributed by atoms with Crippen LogP contribution in [0.25, 0.3) is 0 Å². The Morgan fingerprint density at radius 1 is 1.53 bits per heavy atom. The number of amides is 1. The molecule has 3 heteroatoms. The maximum absolute atomic E-state index is 11.0. The second-order valence-corrected chi connectivity index (χ2v) is 3.99. The molecule has 0 spiro atoms. The van der Waals surface area contributed by atoms with E-state index in [9.17, 15) is 4.79 Å². The van der Waals surface area contributed by atoms with Crippen LogP contribution in [0.5, 0.6) is 0 Å². The van der Waals surface area contributed by atoms with Crippen LogP contribution in [0, 0.1) is 19.3 Å². The van der Waals surface area contributed by atoms with Gasteiger partial charge < -0.3 is 11.1 Å². The van der Waals surface area contributed by atoms with E-state index in [0.717, 1.165) is 31.5 Å². The number of hydrogen-bond donors (Lipinski definition) is 2. The molecule has 0 fully saturated rings. The van der Waals surface area contributed by atoms with E-state index < -0.39 is 0 Å². The van der Waals surface area contributed by atoms with Gasteiger partial charge in [-0.2, -0.15) is 0 Å². The smallest absolute Gasteiger partial charge is 0.248 e. The summed E-state index contributed by atoms with van der Waals surface area (Å²) in [6.07, 6.45) is 6.95. The molecule has 0 radical (unpaired) electrons. The van der Waals surface area contributed by atoms with Crippen LogP contribution in [-0.4, -0.2) is 12.5 Å². The van der Waals surface area contributed by atoms with E-state index in [-0.39, 0.29) is 5.91 Å². The molecule has 0 saturated heterocycles. The predicted octanol–water partition coefficient (Wildman–Crippen LogP) is 1.60. The zero-order valence-corrected chi connectivity index (χ0v) is 10.1. The molecular weight excluding hydrogens is 212 g/mol. The van der Waals surface area contributed by atoms with Crippen LogP contribution in [-0.2, 0) is 6.54 Å². The Bertz CT molecular complexity index is 432. The number of terminal acetylenes is 1. The predicted molar refractivity (Wildman–Crippen MR) is 69.5 cm³/mol. The molecule has 0 aromatic heterocycles. The summed E-state index contributed by atoms with van der Waals surface area (Å²) < 4.78 is 0. The van der Waals surface area contributed by atoms with Crippen LogP contribution in [0.4, 0.5) is 0 Å². The van der Waals surface area contributed by atoms with Crippen LogP contribution >= 0.6 is 0 Å². The lowest BCUT2D eigenvalue weighted by Gasteiger charge is -2.08. The second-order valence-electron chi connectivity index (χ2n) is 3.99. The van der Waals surface area contributed by atoms with E-state index in [4.69, 9.17) is 12.2 Å². The molecule has 90 valence electrons. The first kappa shape index (κ1) is 13.3. The van der Waals surface area contributed by atoms with E-state index >= 15 is 0 Å². The quantitative estimate of drug-likeness (QED) is 0.576. The monoisotopic (exact) mass is 230 g/mol. The number of carbonyl (C=O) groups is 1. The zero-order chi connectivity index (χ0) is 12.7. The third-order valence-corrected chi connectivity index (χ3v) is 2.62. The van der Waals surface area contributed by atoms with E-state index in [1.54, 1.807) is 6.07 Å². The fraction of sp³-hybridized carbons (Fsp3) is 0.357. The van der Waals surface area contributed by atoms with E-state index in [0.29, 0.717) is 5.56 Å². The minimum atomic E-state index is -0.387. The minimum absolute atomic E-state index is 0.387. The highest BCUT2D eigenvalue weighted by molar-refractivity contribution is 5.93. The number of carbonyl (C=O) groups excluding carboxylic acids is 1. The van der Waals surface area contributed by atoms with Gasteiger partial charge in [0.15, 0.2) is 0 Å². The highest BCUT2D eigenvalue weighted by atomic mass is 16.1. The van der Waals surface area contributed by atoms with Crippen molar-refractivity contribution < 1.29 is 4.79 Å². The van der Waals surface area contributed by atoms with Crippen LogP contribution < -0.4 is 11.1 Å². The first-order chi connectivity index (χ1) is 8.15. The van der Waals surface area contributed by atoms with Crippen molar-refractivity contribution in [3.63, 3.8) is 0 Å². The lowest BCUT2D eigenvalue weighted by Crippen LogP contribution is -2.16. The molecule has 0 saturated carbocycles. The lowest BCUT2D eigenvalue weighted by molar-refractivity contribution is 0.1000.